The second kappa shape index (κ2) is 11.5. The van der Waals surface area contributed by atoms with Crippen molar-refractivity contribution < 1.29 is 4.79 Å². The van der Waals surface area contributed by atoms with Gasteiger partial charge in [0.1, 0.15) is 5.82 Å². The van der Waals surface area contributed by atoms with Crippen LogP contribution in [0.2, 0.25) is 0 Å². The van der Waals surface area contributed by atoms with Crippen LogP contribution in [-0.4, -0.2) is 60.0 Å². The monoisotopic (exact) mass is 480 g/mol. The van der Waals surface area contributed by atoms with Gasteiger partial charge in [0, 0.05) is 38.3 Å². The second-order valence-electron chi connectivity index (χ2n) is 10.0. The summed E-state index contributed by atoms with van der Waals surface area (Å²) in [6.07, 6.45) is 8.80. The normalized spacial score (nSPS) is 18.2. The molecule has 2 aliphatic rings. The van der Waals surface area contributed by atoms with Crippen molar-refractivity contribution in [3.63, 3.8) is 0 Å². The van der Waals surface area contributed by atoms with Gasteiger partial charge in [0.05, 0.1) is 5.69 Å². The van der Waals surface area contributed by atoms with E-state index < -0.39 is 0 Å². The van der Waals surface area contributed by atoms with Crippen molar-refractivity contribution in [3.8, 4) is 0 Å². The summed E-state index contributed by atoms with van der Waals surface area (Å²) in [5.74, 6) is 0.940. The Bertz CT molecular complexity index is 1170. The quantitative estimate of drug-likeness (QED) is 0.421. The van der Waals surface area contributed by atoms with Gasteiger partial charge in [0.25, 0.3) is 5.91 Å². The van der Waals surface area contributed by atoms with E-state index in [4.69, 9.17) is 4.98 Å². The number of carbonyl (C=O) groups excluding carboxylic acids is 1. The van der Waals surface area contributed by atoms with Crippen LogP contribution in [0.5, 0.6) is 0 Å². The number of rotatable bonds is 8. The van der Waals surface area contributed by atoms with E-state index in [1.165, 1.54) is 18.4 Å². The average Bonchev–Trinajstić information content (AvgIpc) is 3.61. The highest BCUT2D eigenvalue weighted by molar-refractivity contribution is 5.96. The van der Waals surface area contributed by atoms with Crippen LogP contribution in [0, 0.1) is 0 Å². The van der Waals surface area contributed by atoms with Gasteiger partial charge in [0.15, 0.2) is 0 Å². The van der Waals surface area contributed by atoms with Gasteiger partial charge in [-0.3, -0.25) is 4.79 Å². The lowest BCUT2D eigenvalue weighted by molar-refractivity contribution is 0.0708. The van der Waals surface area contributed by atoms with Crippen LogP contribution in [0.3, 0.4) is 0 Å². The predicted molar refractivity (Wildman–Crippen MR) is 148 cm³/mol. The van der Waals surface area contributed by atoms with E-state index in [1.54, 1.807) is 0 Å². The van der Waals surface area contributed by atoms with Crippen molar-refractivity contribution in [2.45, 2.75) is 38.3 Å². The van der Waals surface area contributed by atoms with E-state index >= 15 is 0 Å². The van der Waals surface area contributed by atoms with Gasteiger partial charge < -0.3 is 14.7 Å². The first-order chi connectivity index (χ1) is 17.7. The third-order valence-electron chi connectivity index (χ3n) is 7.28. The third kappa shape index (κ3) is 6.03. The largest absolute Gasteiger partial charge is 0.355 e. The van der Waals surface area contributed by atoms with E-state index in [9.17, 15) is 4.79 Å². The van der Waals surface area contributed by atoms with Gasteiger partial charge in [-0.05, 0) is 68.1 Å². The fourth-order valence-electron chi connectivity index (χ4n) is 5.35. The molecule has 5 heteroatoms. The number of carbonyl (C=O) groups is 1. The highest BCUT2D eigenvalue weighted by atomic mass is 16.2. The summed E-state index contributed by atoms with van der Waals surface area (Å²) in [6.45, 7) is 4.89. The molecule has 2 aromatic carbocycles. The molecule has 1 amide bonds. The number of hydrogen-bond acceptors (Lipinski definition) is 4. The summed E-state index contributed by atoms with van der Waals surface area (Å²) >= 11 is 0. The molecule has 2 aliphatic heterocycles. The van der Waals surface area contributed by atoms with E-state index in [1.807, 2.05) is 49.5 Å². The molecule has 5 nitrogen and oxygen atoms in total. The van der Waals surface area contributed by atoms with Crippen LogP contribution >= 0.6 is 0 Å². The number of hydrogen-bond donors (Lipinski definition) is 0. The topological polar surface area (TPSA) is 39.7 Å². The highest BCUT2D eigenvalue weighted by Crippen LogP contribution is 2.25. The average molecular weight is 481 g/mol. The Morgan fingerprint density at radius 3 is 2.42 bits per heavy atom. The van der Waals surface area contributed by atoms with Gasteiger partial charge in [-0.15, -0.1) is 0 Å². The van der Waals surface area contributed by atoms with E-state index in [2.05, 4.69) is 57.2 Å². The first-order valence-corrected chi connectivity index (χ1v) is 13.2. The fraction of sp³-hybridized carbons (Fsp3) is 0.355. The van der Waals surface area contributed by atoms with Gasteiger partial charge >= 0.3 is 0 Å². The molecule has 1 aromatic heterocycles. The molecular weight excluding hydrogens is 444 g/mol. The first kappa shape index (κ1) is 24.3. The molecule has 0 spiro atoms. The smallest absolute Gasteiger partial charge is 0.254 e. The number of nitrogens with zero attached hydrogens (tertiary/aromatic N) is 4. The third-order valence-corrected chi connectivity index (χ3v) is 7.28. The Morgan fingerprint density at radius 2 is 1.67 bits per heavy atom. The summed E-state index contributed by atoms with van der Waals surface area (Å²) in [7, 11) is 2.04. The maximum Gasteiger partial charge on any atom is 0.254 e. The van der Waals surface area contributed by atoms with E-state index in [0.29, 0.717) is 6.04 Å². The molecule has 0 unspecified atom stereocenters. The zero-order valence-corrected chi connectivity index (χ0v) is 21.2. The van der Waals surface area contributed by atoms with Crippen LogP contribution in [0.25, 0.3) is 12.2 Å². The van der Waals surface area contributed by atoms with Gasteiger partial charge in [-0.2, -0.15) is 0 Å². The molecule has 0 saturated carbocycles. The zero-order chi connectivity index (χ0) is 24.7. The minimum absolute atomic E-state index is 0.128. The standard InChI is InChI=1S/C31H36N4O/c1-33(23-26-13-6-3-7-14-26)30-22-27(21-28(32-30)17-16-25-11-4-2-5-12-25)31(36)35-20-10-15-29(35)24-34-18-8-9-19-34/h2-7,11-14,16-17,21-22,29H,8-10,15,18-20,23-24H2,1H3/t29-/m0/s1. The van der Waals surface area contributed by atoms with Crippen LogP contribution in [0.4, 0.5) is 5.82 Å². The lowest BCUT2D eigenvalue weighted by atomic mass is 10.1. The Balaban J connectivity index is 1.42. The molecule has 0 radical (unpaired) electrons. The molecule has 1 atom stereocenters. The molecular formula is C31H36N4O. The van der Waals surface area contributed by atoms with Gasteiger partial charge in [-0.25, -0.2) is 4.98 Å². The van der Waals surface area contributed by atoms with Crippen LogP contribution < -0.4 is 4.90 Å². The fourth-order valence-corrected chi connectivity index (χ4v) is 5.35. The Morgan fingerprint density at radius 1 is 0.944 bits per heavy atom. The number of anilines is 1. The van der Waals surface area contributed by atoms with Crippen molar-refractivity contribution in [2.24, 2.45) is 0 Å². The lowest BCUT2D eigenvalue weighted by Crippen LogP contribution is -2.42. The molecule has 2 saturated heterocycles. The molecule has 2 fully saturated rings. The molecule has 186 valence electrons. The number of amides is 1. The molecule has 0 bridgehead atoms. The van der Waals surface area contributed by atoms with Gasteiger partial charge in [-0.1, -0.05) is 66.7 Å². The summed E-state index contributed by atoms with van der Waals surface area (Å²) in [4.78, 5) is 25.5. The molecule has 3 aromatic rings. The van der Waals surface area contributed by atoms with Crippen molar-refractivity contribution in [2.75, 3.05) is 38.1 Å². The van der Waals surface area contributed by atoms with Crippen molar-refractivity contribution in [3.05, 3.63) is 95.2 Å². The van der Waals surface area contributed by atoms with Crippen LogP contribution in [-0.2, 0) is 6.54 Å². The number of aromatic nitrogens is 1. The molecule has 36 heavy (non-hydrogen) atoms. The van der Waals surface area contributed by atoms with Crippen LogP contribution in [0.1, 0.15) is 52.9 Å². The van der Waals surface area contributed by atoms with E-state index in [-0.39, 0.29) is 5.91 Å². The number of benzene rings is 2. The predicted octanol–water partition coefficient (Wildman–Crippen LogP) is 5.59. The minimum atomic E-state index is 0.128. The maximum absolute atomic E-state index is 13.8. The first-order valence-electron chi connectivity index (χ1n) is 13.2. The van der Waals surface area contributed by atoms with Gasteiger partial charge in [0.2, 0.25) is 0 Å². The van der Waals surface area contributed by atoms with Crippen molar-refractivity contribution in [1.29, 1.82) is 0 Å². The van der Waals surface area contributed by atoms with Crippen molar-refractivity contribution >= 4 is 23.9 Å². The highest BCUT2D eigenvalue weighted by Gasteiger charge is 2.31. The molecule has 0 N–H and O–H groups in total. The molecule has 3 heterocycles. The summed E-state index contributed by atoms with van der Waals surface area (Å²) in [6, 6.07) is 24.8. The van der Waals surface area contributed by atoms with Crippen LogP contribution in [0.15, 0.2) is 72.8 Å². The Hall–Kier alpha value is -3.44. The minimum Gasteiger partial charge on any atom is -0.355 e. The van der Waals surface area contributed by atoms with Crippen molar-refractivity contribution in [1.82, 2.24) is 14.8 Å². The Labute approximate surface area is 215 Å². The Kier molecular flexibility index (Phi) is 7.77. The lowest BCUT2D eigenvalue weighted by Gasteiger charge is -2.29. The number of likely N-dealkylation sites (tertiary alicyclic amines) is 2. The second-order valence-corrected chi connectivity index (χ2v) is 10.0. The molecule has 0 aliphatic carbocycles. The summed E-state index contributed by atoms with van der Waals surface area (Å²) in [5, 5.41) is 0. The summed E-state index contributed by atoms with van der Waals surface area (Å²) < 4.78 is 0. The zero-order valence-electron chi connectivity index (χ0n) is 21.2. The summed E-state index contributed by atoms with van der Waals surface area (Å²) in [5.41, 5.74) is 3.85. The SMILES string of the molecule is CN(Cc1ccccc1)c1cc(C(=O)N2CCC[C@H]2CN2CCCC2)cc(C=Cc2ccccc2)n1. The molecule has 5 rings (SSSR count). The maximum atomic E-state index is 13.8. The number of pyridine rings is 1. The van der Waals surface area contributed by atoms with E-state index in [0.717, 1.165) is 68.2 Å².